The Morgan fingerprint density at radius 1 is 1.50 bits per heavy atom. The molecule has 0 bridgehead atoms. The molecule has 0 atom stereocenters. The van der Waals surface area contributed by atoms with Gasteiger partial charge in [-0.1, -0.05) is 0 Å². The van der Waals surface area contributed by atoms with Crippen LogP contribution in [0.5, 0.6) is 0 Å². The molecule has 2 aromatic rings. The molecule has 2 heterocycles. The van der Waals surface area contributed by atoms with E-state index in [0.717, 1.165) is 10.3 Å². The van der Waals surface area contributed by atoms with Crippen molar-refractivity contribution >= 4 is 11.7 Å². The average molecular weight is 249 g/mol. The summed E-state index contributed by atoms with van der Waals surface area (Å²) in [6.45, 7) is 1.61. The first-order chi connectivity index (χ1) is 8.54. The van der Waals surface area contributed by atoms with E-state index in [2.05, 4.69) is 20.5 Å². The molecule has 8 heteroatoms. The standard InChI is InChI=1S/C10H11N5O3/c1-6-4-7(14-13-6)11-9(17)5-15-3-2-8(16)12-10(15)18/h2-4H,5H2,1H3,(H,12,16,18)(H2,11,13,14,17). The molecule has 0 unspecified atom stereocenters. The maximum Gasteiger partial charge on any atom is 0.328 e. The summed E-state index contributed by atoms with van der Waals surface area (Å²) in [7, 11) is 0. The van der Waals surface area contributed by atoms with Crippen molar-refractivity contribution < 1.29 is 4.79 Å². The third-order valence-corrected chi connectivity index (χ3v) is 2.18. The van der Waals surface area contributed by atoms with Crippen LogP contribution in [-0.4, -0.2) is 25.7 Å². The minimum absolute atomic E-state index is 0.193. The number of carbonyl (C=O) groups is 1. The van der Waals surface area contributed by atoms with Crippen molar-refractivity contribution in [2.75, 3.05) is 5.32 Å². The number of nitrogens with zero attached hydrogens (tertiary/aromatic N) is 2. The van der Waals surface area contributed by atoms with Crippen molar-refractivity contribution in [3.63, 3.8) is 0 Å². The van der Waals surface area contributed by atoms with Gasteiger partial charge in [0.15, 0.2) is 5.82 Å². The van der Waals surface area contributed by atoms with Crippen molar-refractivity contribution in [1.82, 2.24) is 19.7 Å². The molecule has 0 saturated carbocycles. The van der Waals surface area contributed by atoms with Gasteiger partial charge in [0.2, 0.25) is 5.91 Å². The summed E-state index contributed by atoms with van der Waals surface area (Å²) in [5, 5.41) is 9.03. The van der Waals surface area contributed by atoms with Crippen LogP contribution in [0.2, 0.25) is 0 Å². The highest BCUT2D eigenvalue weighted by Crippen LogP contribution is 2.03. The van der Waals surface area contributed by atoms with E-state index in [0.29, 0.717) is 5.82 Å². The number of aromatic nitrogens is 4. The van der Waals surface area contributed by atoms with Crippen LogP contribution >= 0.6 is 0 Å². The number of H-pyrrole nitrogens is 2. The summed E-state index contributed by atoms with van der Waals surface area (Å²) < 4.78 is 1.09. The van der Waals surface area contributed by atoms with Gasteiger partial charge < -0.3 is 5.32 Å². The number of aryl methyl sites for hydroxylation is 1. The Morgan fingerprint density at radius 2 is 2.28 bits per heavy atom. The fraction of sp³-hybridized carbons (Fsp3) is 0.200. The van der Waals surface area contributed by atoms with Crippen LogP contribution in [-0.2, 0) is 11.3 Å². The number of hydrogen-bond donors (Lipinski definition) is 3. The van der Waals surface area contributed by atoms with E-state index in [-0.39, 0.29) is 6.54 Å². The molecule has 0 aromatic carbocycles. The molecule has 2 rings (SSSR count). The van der Waals surface area contributed by atoms with Crippen LogP contribution < -0.4 is 16.6 Å². The molecule has 0 saturated heterocycles. The second-order valence-corrected chi connectivity index (χ2v) is 3.72. The lowest BCUT2D eigenvalue weighted by atomic mass is 10.4. The van der Waals surface area contributed by atoms with E-state index in [1.54, 1.807) is 13.0 Å². The van der Waals surface area contributed by atoms with Crippen molar-refractivity contribution in [3.05, 3.63) is 44.9 Å². The Kier molecular flexibility index (Phi) is 3.09. The molecule has 18 heavy (non-hydrogen) atoms. The summed E-state index contributed by atoms with van der Waals surface area (Å²) in [4.78, 5) is 35.8. The van der Waals surface area contributed by atoms with Gasteiger partial charge in [0.05, 0.1) is 0 Å². The zero-order chi connectivity index (χ0) is 13.1. The first-order valence-electron chi connectivity index (χ1n) is 5.16. The van der Waals surface area contributed by atoms with Crippen LogP contribution in [0, 0.1) is 6.92 Å². The molecule has 0 aliphatic rings. The zero-order valence-corrected chi connectivity index (χ0v) is 9.56. The summed E-state index contributed by atoms with van der Waals surface area (Å²) in [6.07, 6.45) is 1.26. The van der Waals surface area contributed by atoms with Gasteiger partial charge in [0.1, 0.15) is 6.54 Å². The second-order valence-electron chi connectivity index (χ2n) is 3.72. The summed E-state index contributed by atoms with van der Waals surface area (Å²) in [5.74, 6) is -0.0226. The molecule has 1 amide bonds. The van der Waals surface area contributed by atoms with Crippen LogP contribution in [0.3, 0.4) is 0 Å². The minimum Gasteiger partial charge on any atom is -0.308 e. The number of aromatic amines is 2. The summed E-state index contributed by atoms with van der Waals surface area (Å²) >= 11 is 0. The van der Waals surface area contributed by atoms with E-state index in [1.165, 1.54) is 12.3 Å². The zero-order valence-electron chi connectivity index (χ0n) is 9.56. The molecule has 8 nitrogen and oxygen atoms in total. The van der Waals surface area contributed by atoms with Crippen molar-refractivity contribution in [3.8, 4) is 0 Å². The SMILES string of the molecule is Cc1cc(NC(=O)Cn2ccc(=O)[nH]c2=O)n[nH]1. The maximum absolute atomic E-state index is 11.6. The van der Waals surface area contributed by atoms with Gasteiger partial charge in [-0.15, -0.1) is 0 Å². The minimum atomic E-state index is -0.629. The topological polar surface area (TPSA) is 113 Å². The second kappa shape index (κ2) is 4.70. The van der Waals surface area contributed by atoms with E-state index < -0.39 is 17.2 Å². The van der Waals surface area contributed by atoms with Gasteiger partial charge in [-0.05, 0) is 6.92 Å². The molecular weight excluding hydrogens is 238 g/mol. The Balaban J connectivity index is 2.07. The van der Waals surface area contributed by atoms with Gasteiger partial charge in [-0.25, -0.2) is 4.79 Å². The van der Waals surface area contributed by atoms with Crippen molar-refractivity contribution in [2.24, 2.45) is 0 Å². The number of anilines is 1. The maximum atomic E-state index is 11.6. The Hall–Kier alpha value is -2.64. The Morgan fingerprint density at radius 3 is 2.89 bits per heavy atom. The van der Waals surface area contributed by atoms with E-state index >= 15 is 0 Å². The lowest BCUT2D eigenvalue weighted by molar-refractivity contribution is -0.116. The predicted octanol–water partition coefficient (Wildman–Crippen LogP) is -0.793. The molecule has 3 N–H and O–H groups in total. The molecule has 0 aliphatic heterocycles. The Bertz CT molecular complexity index is 681. The summed E-state index contributed by atoms with van der Waals surface area (Å²) in [6, 6.07) is 2.83. The molecule has 0 aliphatic carbocycles. The van der Waals surface area contributed by atoms with Gasteiger partial charge in [0.25, 0.3) is 5.56 Å². The number of nitrogens with one attached hydrogen (secondary N) is 3. The highest BCUT2D eigenvalue weighted by Gasteiger charge is 2.06. The van der Waals surface area contributed by atoms with Crippen LogP contribution in [0.25, 0.3) is 0 Å². The number of rotatable bonds is 3. The number of hydrogen-bond acceptors (Lipinski definition) is 4. The highest BCUT2D eigenvalue weighted by atomic mass is 16.2. The van der Waals surface area contributed by atoms with Crippen LogP contribution in [0.1, 0.15) is 5.69 Å². The van der Waals surface area contributed by atoms with E-state index in [1.807, 2.05) is 0 Å². The molecule has 0 radical (unpaired) electrons. The van der Waals surface area contributed by atoms with Gasteiger partial charge >= 0.3 is 5.69 Å². The van der Waals surface area contributed by atoms with Crippen LogP contribution in [0.15, 0.2) is 27.9 Å². The predicted molar refractivity (Wildman–Crippen MR) is 63.3 cm³/mol. The lowest BCUT2D eigenvalue weighted by Gasteiger charge is -2.03. The molecule has 0 fully saturated rings. The first-order valence-corrected chi connectivity index (χ1v) is 5.16. The lowest BCUT2D eigenvalue weighted by Crippen LogP contribution is -2.32. The fourth-order valence-corrected chi connectivity index (χ4v) is 1.39. The highest BCUT2D eigenvalue weighted by molar-refractivity contribution is 5.89. The molecule has 0 spiro atoms. The quantitative estimate of drug-likeness (QED) is 0.661. The smallest absolute Gasteiger partial charge is 0.308 e. The normalized spacial score (nSPS) is 10.3. The van der Waals surface area contributed by atoms with E-state index in [4.69, 9.17) is 0 Å². The van der Waals surface area contributed by atoms with Crippen molar-refractivity contribution in [2.45, 2.75) is 13.5 Å². The van der Waals surface area contributed by atoms with Gasteiger partial charge in [-0.3, -0.25) is 24.2 Å². The fourth-order valence-electron chi connectivity index (χ4n) is 1.39. The Labute approximate surface area is 101 Å². The van der Waals surface area contributed by atoms with Gasteiger partial charge in [0, 0.05) is 24.0 Å². The van der Waals surface area contributed by atoms with Crippen molar-refractivity contribution in [1.29, 1.82) is 0 Å². The molecular formula is C10H11N5O3. The number of amides is 1. The third kappa shape index (κ3) is 2.73. The van der Waals surface area contributed by atoms with Gasteiger partial charge in [-0.2, -0.15) is 5.10 Å². The van der Waals surface area contributed by atoms with E-state index in [9.17, 15) is 14.4 Å². The third-order valence-electron chi connectivity index (χ3n) is 2.18. The first kappa shape index (κ1) is 11.8. The average Bonchev–Trinajstić information content (AvgIpc) is 2.68. The molecule has 94 valence electrons. The number of carbonyl (C=O) groups excluding carboxylic acids is 1. The van der Waals surface area contributed by atoms with Crippen LogP contribution in [0.4, 0.5) is 5.82 Å². The monoisotopic (exact) mass is 249 g/mol. The largest absolute Gasteiger partial charge is 0.328 e. The molecule has 2 aromatic heterocycles. The summed E-state index contributed by atoms with van der Waals surface area (Å²) in [5.41, 5.74) is -0.318.